The third-order valence-electron chi connectivity index (χ3n) is 2.48. The maximum atomic E-state index is 12.5. The van der Waals surface area contributed by atoms with E-state index in [1.54, 1.807) is 25.1 Å². The molecule has 0 aliphatic heterocycles. The number of nitrogens with one attached hydrogen (secondary N) is 1. The average Bonchev–Trinajstić information content (AvgIpc) is 2.39. The fourth-order valence-corrected chi connectivity index (χ4v) is 2.26. The third kappa shape index (κ3) is 4.49. The molecule has 0 saturated carbocycles. The molecule has 2 aromatic rings. The highest BCUT2D eigenvalue weighted by Crippen LogP contribution is 2.40. The first kappa shape index (κ1) is 15.4. The lowest BCUT2D eigenvalue weighted by Crippen LogP contribution is -2.15. The topological polar surface area (TPSA) is 42.0 Å². The zero-order chi connectivity index (χ0) is 15.5. The quantitative estimate of drug-likeness (QED) is 0.861. The maximum absolute atomic E-state index is 12.5. The van der Waals surface area contributed by atoms with Gasteiger partial charge in [-0.3, -0.25) is 4.79 Å². The van der Waals surface area contributed by atoms with Crippen molar-refractivity contribution in [3.05, 3.63) is 53.9 Å². The Bertz CT molecular complexity index is 659. The summed E-state index contributed by atoms with van der Waals surface area (Å²) in [7, 11) is 0. The molecule has 21 heavy (non-hydrogen) atoms. The number of alkyl halides is 3. The summed E-state index contributed by atoms with van der Waals surface area (Å²) in [6, 6.07) is 10.6. The van der Waals surface area contributed by atoms with Gasteiger partial charge in [-0.15, -0.1) is 0 Å². The number of benzene rings is 1. The normalized spacial score (nSPS) is 11.2. The Labute approximate surface area is 123 Å². The molecule has 3 nitrogen and oxygen atoms in total. The van der Waals surface area contributed by atoms with Crippen LogP contribution in [0.2, 0.25) is 0 Å². The standard InChI is InChI=1S/C14H11F3N2OS/c1-9-5-4-7-11(18-9)13(20)19-10-6-2-3-8-12(10)21-14(15,16)17/h2-8H,1H3,(H,19,20). The fraction of sp³-hybridized carbons (Fsp3) is 0.143. The van der Waals surface area contributed by atoms with Gasteiger partial charge in [0.05, 0.1) is 5.69 Å². The van der Waals surface area contributed by atoms with Crippen LogP contribution in [0.1, 0.15) is 16.2 Å². The van der Waals surface area contributed by atoms with E-state index in [4.69, 9.17) is 0 Å². The van der Waals surface area contributed by atoms with Crippen LogP contribution in [0.5, 0.6) is 0 Å². The Morgan fingerprint density at radius 2 is 1.86 bits per heavy atom. The summed E-state index contributed by atoms with van der Waals surface area (Å²) in [4.78, 5) is 16.0. The van der Waals surface area contributed by atoms with Gasteiger partial charge in [-0.2, -0.15) is 13.2 Å². The molecule has 7 heteroatoms. The zero-order valence-electron chi connectivity index (χ0n) is 10.9. The van der Waals surface area contributed by atoms with E-state index in [1.165, 1.54) is 24.3 Å². The summed E-state index contributed by atoms with van der Waals surface area (Å²) in [6.07, 6.45) is 0. The number of pyridine rings is 1. The Hall–Kier alpha value is -2.02. The van der Waals surface area contributed by atoms with Gasteiger partial charge in [-0.25, -0.2) is 4.98 Å². The second kappa shape index (κ2) is 6.17. The lowest BCUT2D eigenvalue weighted by atomic mass is 10.2. The average molecular weight is 312 g/mol. The fourth-order valence-electron chi connectivity index (χ4n) is 1.64. The molecule has 0 aliphatic rings. The van der Waals surface area contributed by atoms with Crippen LogP contribution in [-0.2, 0) is 0 Å². The maximum Gasteiger partial charge on any atom is 0.446 e. The molecule has 1 N–H and O–H groups in total. The Morgan fingerprint density at radius 1 is 1.14 bits per heavy atom. The number of para-hydroxylation sites is 1. The molecule has 2 rings (SSSR count). The Balaban J connectivity index is 2.22. The van der Waals surface area contributed by atoms with Gasteiger partial charge in [-0.05, 0) is 43.0 Å². The van der Waals surface area contributed by atoms with Crippen LogP contribution in [0.15, 0.2) is 47.4 Å². The van der Waals surface area contributed by atoms with E-state index in [0.717, 1.165) is 0 Å². The summed E-state index contributed by atoms with van der Waals surface area (Å²) < 4.78 is 37.4. The second-order valence-corrected chi connectivity index (χ2v) is 5.27. The van der Waals surface area contributed by atoms with E-state index in [2.05, 4.69) is 10.3 Å². The molecule has 0 unspecified atom stereocenters. The molecular formula is C14H11F3N2OS. The second-order valence-electron chi connectivity index (χ2n) is 4.16. The number of nitrogens with zero attached hydrogens (tertiary/aromatic N) is 1. The number of halogens is 3. The largest absolute Gasteiger partial charge is 0.446 e. The van der Waals surface area contributed by atoms with Gasteiger partial charge in [0.1, 0.15) is 5.69 Å². The minimum atomic E-state index is -4.41. The van der Waals surface area contributed by atoms with Crippen molar-refractivity contribution < 1.29 is 18.0 Å². The van der Waals surface area contributed by atoms with Crippen LogP contribution in [-0.4, -0.2) is 16.4 Å². The van der Waals surface area contributed by atoms with E-state index in [1.807, 2.05) is 0 Å². The van der Waals surface area contributed by atoms with Crippen LogP contribution in [0.3, 0.4) is 0 Å². The Kier molecular flexibility index (Phi) is 4.52. The van der Waals surface area contributed by atoms with Crippen molar-refractivity contribution in [2.24, 2.45) is 0 Å². The number of hydrogen-bond donors (Lipinski definition) is 1. The van der Waals surface area contributed by atoms with Gasteiger partial charge in [0, 0.05) is 10.6 Å². The lowest BCUT2D eigenvalue weighted by molar-refractivity contribution is -0.0328. The number of amides is 1. The summed E-state index contributed by atoms with van der Waals surface area (Å²) in [5, 5.41) is 2.45. The number of aryl methyl sites for hydroxylation is 1. The Morgan fingerprint density at radius 3 is 2.52 bits per heavy atom. The van der Waals surface area contributed by atoms with Crippen molar-refractivity contribution >= 4 is 23.4 Å². The number of carbonyl (C=O) groups excluding carboxylic acids is 1. The highest BCUT2D eigenvalue weighted by Gasteiger charge is 2.30. The number of hydrogen-bond acceptors (Lipinski definition) is 3. The summed E-state index contributed by atoms with van der Waals surface area (Å²) in [5.41, 5.74) is -3.50. The van der Waals surface area contributed by atoms with Crippen molar-refractivity contribution in [1.29, 1.82) is 0 Å². The number of thioether (sulfide) groups is 1. The lowest BCUT2D eigenvalue weighted by Gasteiger charge is -2.12. The van der Waals surface area contributed by atoms with Crippen molar-refractivity contribution in [1.82, 2.24) is 4.98 Å². The van der Waals surface area contributed by atoms with Gasteiger partial charge in [-0.1, -0.05) is 18.2 Å². The van der Waals surface area contributed by atoms with Crippen LogP contribution < -0.4 is 5.32 Å². The predicted octanol–water partition coefficient (Wildman–Crippen LogP) is 4.25. The van der Waals surface area contributed by atoms with Crippen LogP contribution in [0.25, 0.3) is 0 Å². The van der Waals surface area contributed by atoms with Gasteiger partial charge in [0.15, 0.2) is 0 Å². The highest BCUT2D eigenvalue weighted by molar-refractivity contribution is 8.00. The first-order valence-corrected chi connectivity index (χ1v) is 6.76. The molecule has 1 heterocycles. The number of anilines is 1. The molecule has 0 radical (unpaired) electrons. The van der Waals surface area contributed by atoms with Crippen molar-refractivity contribution in [3.8, 4) is 0 Å². The molecule has 1 aromatic heterocycles. The monoisotopic (exact) mass is 312 g/mol. The number of rotatable bonds is 3. The molecule has 0 saturated heterocycles. The SMILES string of the molecule is Cc1cccc(C(=O)Nc2ccccc2SC(F)(F)F)n1. The minimum Gasteiger partial charge on any atom is -0.320 e. The summed E-state index contributed by atoms with van der Waals surface area (Å²) in [6.45, 7) is 1.73. The van der Waals surface area contributed by atoms with E-state index < -0.39 is 11.4 Å². The number of carbonyl (C=O) groups is 1. The molecule has 0 fully saturated rings. The first-order chi connectivity index (χ1) is 9.85. The van der Waals surface area contributed by atoms with Crippen molar-refractivity contribution in [2.75, 3.05) is 5.32 Å². The van der Waals surface area contributed by atoms with Crippen molar-refractivity contribution in [2.45, 2.75) is 17.3 Å². The number of aromatic nitrogens is 1. The zero-order valence-corrected chi connectivity index (χ0v) is 11.8. The molecule has 0 aliphatic carbocycles. The van der Waals surface area contributed by atoms with Crippen LogP contribution >= 0.6 is 11.8 Å². The molecule has 110 valence electrons. The first-order valence-electron chi connectivity index (χ1n) is 5.95. The predicted molar refractivity (Wildman–Crippen MR) is 75.3 cm³/mol. The highest BCUT2D eigenvalue weighted by atomic mass is 32.2. The van der Waals surface area contributed by atoms with E-state index in [0.29, 0.717) is 5.69 Å². The molecular weight excluding hydrogens is 301 g/mol. The molecule has 0 atom stereocenters. The molecule has 0 bridgehead atoms. The molecule has 1 amide bonds. The summed E-state index contributed by atoms with van der Waals surface area (Å²) in [5.74, 6) is -0.547. The van der Waals surface area contributed by atoms with Gasteiger partial charge < -0.3 is 5.32 Å². The van der Waals surface area contributed by atoms with Gasteiger partial charge in [0.25, 0.3) is 5.91 Å². The van der Waals surface area contributed by atoms with E-state index in [-0.39, 0.29) is 28.0 Å². The third-order valence-corrected chi connectivity index (χ3v) is 3.29. The molecule has 1 aromatic carbocycles. The minimum absolute atomic E-state index is 0.0639. The smallest absolute Gasteiger partial charge is 0.320 e. The van der Waals surface area contributed by atoms with Gasteiger partial charge >= 0.3 is 5.51 Å². The van der Waals surface area contributed by atoms with Crippen molar-refractivity contribution in [3.63, 3.8) is 0 Å². The van der Waals surface area contributed by atoms with E-state index in [9.17, 15) is 18.0 Å². The molecule has 0 spiro atoms. The van der Waals surface area contributed by atoms with Gasteiger partial charge in [0.2, 0.25) is 0 Å². The summed E-state index contributed by atoms with van der Waals surface area (Å²) >= 11 is -0.267. The van der Waals surface area contributed by atoms with Crippen LogP contribution in [0.4, 0.5) is 18.9 Å². The van der Waals surface area contributed by atoms with E-state index >= 15 is 0 Å². The van der Waals surface area contributed by atoms with Crippen LogP contribution in [0, 0.1) is 6.92 Å².